The number of ether oxygens (including phenoxy) is 4. The van der Waals surface area contributed by atoms with Crippen LogP contribution in [-0.4, -0.2) is 193 Å². The number of aliphatic hydroxyl groups excluding tert-OH is 4. The molecule has 0 saturated carbocycles. The number of nitrogens with two attached hydrogens (primary N) is 2. The first-order valence-corrected chi connectivity index (χ1v) is 24.7. The first-order chi connectivity index (χ1) is 34.9. The van der Waals surface area contributed by atoms with Crippen LogP contribution in [0.15, 0.2) is 26.8 Å². The summed E-state index contributed by atoms with van der Waals surface area (Å²) in [6.07, 6.45) is -13.7. The van der Waals surface area contributed by atoms with Crippen LogP contribution in [0.2, 0.25) is 0 Å². The number of hydrogen-bond donors (Lipinski definition) is 15. The van der Waals surface area contributed by atoms with Gasteiger partial charge in [0, 0.05) is 38.3 Å². The van der Waals surface area contributed by atoms with Gasteiger partial charge in [-0.05, 0) is 43.6 Å². The lowest BCUT2D eigenvalue weighted by atomic mass is 9.96. The minimum atomic E-state index is -1.97. The number of aliphatic hydroxyl groups is 4. The van der Waals surface area contributed by atoms with Gasteiger partial charge in [0.05, 0.1) is 6.04 Å². The monoisotopic (exact) mass is 1060 g/mol. The molecule has 74 heavy (non-hydrogen) atoms. The standard InChI is InChI=1S/C45H75N11O18/c1-19(2)10-7-8-11-25(58)72-34(21(5)6)28(53-38(64)27(22-12-16-50-43(47)51-22)55-44(69)54-26(20(3)4)40(65)66)37(63)49-15-9-14-48-29(41(67)68)35(74-42-33(62)30(59)23(18-46)71-42)36-31(60)32(61)39(73-36)56-17-13-24(57)52-45(56)70/h13,17,19-23,26-36,39,42,48,59-62H,7-12,14-16,18,46H2,1-6H3,(H,49,63)(H,53,64)(H,65,66)(H,67,68)(H3,47,50,51)(H,52,57,70)(H2,54,55,69)/t22-,23+,26-,27-,28-,29-,30+,31-,32+,33+,34-,35-,36-,39+,42-/m0/s1. The lowest BCUT2D eigenvalue weighted by Crippen LogP contribution is -2.66. The lowest BCUT2D eigenvalue weighted by Gasteiger charge is -2.34. The number of amides is 4. The zero-order valence-electron chi connectivity index (χ0n) is 42.2. The second-order valence-corrected chi connectivity index (χ2v) is 19.6. The summed E-state index contributed by atoms with van der Waals surface area (Å²) in [6, 6.07) is -7.36. The number of aromatic nitrogens is 2. The summed E-state index contributed by atoms with van der Waals surface area (Å²) in [4.78, 5) is 111. The summed E-state index contributed by atoms with van der Waals surface area (Å²) in [5.74, 6) is -6.23. The number of H-pyrrole nitrogens is 1. The van der Waals surface area contributed by atoms with Crippen LogP contribution in [0.25, 0.3) is 0 Å². The van der Waals surface area contributed by atoms with E-state index in [1.54, 1.807) is 27.7 Å². The quantitative estimate of drug-likeness (QED) is 0.0277. The van der Waals surface area contributed by atoms with Gasteiger partial charge in [0.2, 0.25) is 11.8 Å². The van der Waals surface area contributed by atoms with Gasteiger partial charge < -0.3 is 93.0 Å². The molecule has 29 nitrogen and oxygen atoms in total. The maximum absolute atomic E-state index is 14.4. The van der Waals surface area contributed by atoms with E-state index < -0.39 is 150 Å². The molecule has 15 atom stereocenters. The SMILES string of the molecule is CC(C)CCCCC(=O)O[C@@H](C(C)C)[C@H](NC(=O)[C@@H](NC(=O)N[C@H](C(=O)O)C(C)C)[C@@H]1CCN=C(N)N1)C(=O)NCCCN[C@H](C(=O)O)[C@H](O[C@@H]1O[C@H](CN)[C@@H](O)[C@H]1O)[C@H]1O[C@@H](n2ccc(=O)[nH]c2=O)[C@H](O)[C@@H]1O. The van der Waals surface area contributed by atoms with E-state index in [1.165, 1.54) is 0 Å². The number of hydrogen-bond acceptors (Lipinski definition) is 21. The molecule has 29 heteroatoms. The van der Waals surface area contributed by atoms with Gasteiger partial charge in [-0.3, -0.25) is 38.5 Å². The Hall–Kier alpha value is -5.79. The van der Waals surface area contributed by atoms with Gasteiger partial charge in [-0.25, -0.2) is 14.4 Å². The number of carbonyl (C=O) groups is 6. The number of esters is 1. The number of nitrogens with zero attached hydrogens (tertiary/aromatic N) is 2. The molecule has 4 heterocycles. The number of aliphatic carboxylic acids is 2. The third kappa shape index (κ3) is 16.6. The summed E-state index contributed by atoms with van der Waals surface area (Å²) in [5.41, 5.74) is 9.78. The molecule has 17 N–H and O–H groups in total. The number of nitrogens with one attached hydrogen (secondary N) is 7. The lowest BCUT2D eigenvalue weighted by molar-refractivity contribution is -0.228. The number of aromatic amines is 1. The van der Waals surface area contributed by atoms with Gasteiger partial charge in [-0.15, -0.1) is 0 Å². The number of rotatable bonds is 28. The molecule has 2 fully saturated rings. The van der Waals surface area contributed by atoms with E-state index in [-0.39, 0.29) is 51.4 Å². The Bertz CT molecular complexity index is 2210. The molecule has 0 aromatic carbocycles. The topological polar surface area (TPSA) is 452 Å². The van der Waals surface area contributed by atoms with Crippen LogP contribution >= 0.6 is 0 Å². The van der Waals surface area contributed by atoms with E-state index in [9.17, 15) is 69.0 Å². The van der Waals surface area contributed by atoms with Crippen molar-refractivity contribution in [3.63, 3.8) is 0 Å². The molecule has 4 amide bonds. The first-order valence-electron chi connectivity index (χ1n) is 24.7. The zero-order valence-corrected chi connectivity index (χ0v) is 42.2. The molecular formula is C45H75N11O18. The maximum atomic E-state index is 14.4. The van der Waals surface area contributed by atoms with Gasteiger partial charge in [0.25, 0.3) is 5.56 Å². The van der Waals surface area contributed by atoms with Crippen LogP contribution in [-0.2, 0) is 42.9 Å². The van der Waals surface area contributed by atoms with E-state index in [0.29, 0.717) is 12.3 Å². The number of aliphatic imine (C=N–C) groups is 1. The smallest absolute Gasteiger partial charge is 0.330 e. The van der Waals surface area contributed by atoms with Gasteiger partial charge in [-0.1, -0.05) is 54.4 Å². The van der Waals surface area contributed by atoms with E-state index in [2.05, 4.69) is 36.9 Å². The molecule has 1 aromatic rings. The predicted molar refractivity (Wildman–Crippen MR) is 259 cm³/mol. The van der Waals surface area contributed by atoms with Crippen LogP contribution in [0.1, 0.15) is 86.3 Å². The van der Waals surface area contributed by atoms with Crippen molar-refractivity contribution in [3.8, 4) is 0 Å². The normalized spacial score (nSPS) is 26.2. The molecule has 3 aliphatic rings. The minimum absolute atomic E-state index is 0.00308. The molecule has 0 unspecified atom stereocenters. The van der Waals surface area contributed by atoms with Gasteiger partial charge >= 0.3 is 29.6 Å². The summed E-state index contributed by atoms with van der Waals surface area (Å²) >= 11 is 0. The van der Waals surface area contributed by atoms with E-state index >= 15 is 0 Å². The van der Waals surface area contributed by atoms with Crippen LogP contribution in [0.5, 0.6) is 0 Å². The summed E-state index contributed by atoms with van der Waals surface area (Å²) in [5, 5.41) is 79.5. The van der Waals surface area contributed by atoms with E-state index in [4.69, 9.17) is 30.4 Å². The van der Waals surface area contributed by atoms with Gasteiger partial charge in [0.15, 0.2) is 18.5 Å². The second-order valence-electron chi connectivity index (χ2n) is 19.6. The summed E-state index contributed by atoms with van der Waals surface area (Å²) < 4.78 is 23.9. The molecular weight excluding hydrogens is 983 g/mol. The fourth-order valence-corrected chi connectivity index (χ4v) is 8.58. The maximum Gasteiger partial charge on any atom is 0.330 e. The predicted octanol–water partition coefficient (Wildman–Crippen LogP) is -4.78. The molecule has 1 aromatic heterocycles. The Morgan fingerprint density at radius 1 is 0.838 bits per heavy atom. The van der Waals surface area contributed by atoms with Crippen molar-refractivity contribution in [2.75, 3.05) is 26.2 Å². The largest absolute Gasteiger partial charge is 0.480 e. The zero-order chi connectivity index (χ0) is 55.1. The number of guanidine groups is 1. The number of carbonyl (C=O) groups excluding carboxylic acids is 4. The number of carboxylic acid groups (broad SMARTS) is 2. The third-order valence-electron chi connectivity index (χ3n) is 12.7. The Balaban J connectivity index is 1.58. The Morgan fingerprint density at radius 3 is 2.11 bits per heavy atom. The molecule has 0 aliphatic carbocycles. The molecule has 418 valence electrons. The van der Waals surface area contributed by atoms with Crippen molar-refractivity contribution in [2.45, 2.75) is 172 Å². The van der Waals surface area contributed by atoms with Crippen molar-refractivity contribution in [1.29, 1.82) is 0 Å². The highest BCUT2D eigenvalue weighted by atomic mass is 16.7. The average molecular weight is 1060 g/mol. The number of carboxylic acids is 2. The van der Waals surface area contributed by atoms with Gasteiger partial charge in [-0.2, -0.15) is 0 Å². The molecule has 3 aliphatic heterocycles. The number of unbranched alkanes of at least 4 members (excludes halogenated alkanes) is 1. The van der Waals surface area contributed by atoms with Crippen molar-refractivity contribution in [2.24, 2.45) is 34.2 Å². The van der Waals surface area contributed by atoms with Crippen molar-refractivity contribution >= 4 is 41.7 Å². The summed E-state index contributed by atoms with van der Waals surface area (Å²) in [6.45, 7) is 9.88. The van der Waals surface area contributed by atoms with Crippen molar-refractivity contribution in [3.05, 3.63) is 33.1 Å². The van der Waals surface area contributed by atoms with Crippen molar-refractivity contribution < 1.29 is 78.4 Å². The summed E-state index contributed by atoms with van der Waals surface area (Å²) in [7, 11) is 0. The van der Waals surface area contributed by atoms with E-state index in [1.807, 2.05) is 18.8 Å². The number of urea groups is 1. The Kier molecular flexibility index (Phi) is 23.2. The molecule has 0 bridgehead atoms. The first kappa shape index (κ1) is 60.8. The molecule has 4 rings (SSSR count). The van der Waals surface area contributed by atoms with Crippen LogP contribution in [0, 0.1) is 17.8 Å². The average Bonchev–Trinajstić information content (AvgIpc) is 3.77. The van der Waals surface area contributed by atoms with Crippen LogP contribution < -0.4 is 54.6 Å². The van der Waals surface area contributed by atoms with Gasteiger partial charge in [0.1, 0.15) is 73.0 Å². The van der Waals surface area contributed by atoms with Crippen LogP contribution in [0.3, 0.4) is 0 Å². The van der Waals surface area contributed by atoms with Crippen molar-refractivity contribution in [1.82, 2.24) is 41.5 Å². The fraction of sp³-hybridized carbons (Fsp3) is 0.756. The highest BCUT2D eigenvalue weighted by Crippen LogP contribution is 2.34. The Labute approximate surface area is 425 Å². The molecule has 0 spiro atoms. The molecule has 2 saturated heterocycles. The van der Waals surface area contributed by atoms with E-state index in [0.717, 1.165) is 29.7 Å². The highest BCUT2D eigenvalue weighted by molar-refractivity contribution is 5.94. The van der Waals surface area contributed by atoms with Crippen LogP contribution in [0.4, 0.5) is 4.79 Å². The third-order valence-corrected chi connectivity index (χ3v) is 12.7. The highest BCUT2D eigenvalue weighted by Gasteiger charge is 2.54. The fourth-order valence-electron chi connectivity index (χ4n) is 8.58. The second kappa shape index (κ2) is 28.2. The minimum Gasteiger partial charge on any atom is -0.480 e. The molecule has 0 radical (unpaired) electrons. The Morgan fingerprint density at radius 2 is 1.53 bits per heavy atom.